The average Bonchev–Trinajstić information content (AvgIpc) is 1.92. The van der Waals surface area contributed by atoms with Crippen LogP contribution in [-0.2, 0) is 10.1 Å². The summed E-state index contributed by atoms with van der Waals surface area (Å²) in [5, 5.41) is 0. The molecule has 0 saturated carbocycles. The van der Waals surface area contributed by atoms with E-state index in [-0.39, 0.29) is 27.7 Å². The van der Waals surface area contributed by atoms with Crippen LogP contribution in [0.5, 0.6) is 0 Å². The zero-order valence-electron chi connectivity index (χ0n) is 6.14. The van der Waals surface area contributed by atoms with Gasteiger partial charge in [-0.3, -0.25) is 4.55 Å². The predicted molar refractivity (Wildman–Crippen MR) is 56.5 cm³/mol. The second-order valence-corrected chi connectivity index (χ2v) is 4.29. The Kier molecular flexibility index (Phi) is 4.30. The lowest BCUT2D eigenvalue weighted by atomic mass is 10.5. The average molecular weight is 334 g/mol. The van der Waals surface area contributed by atoms with Crippen LogP contribution in [0, 0.1) is 0 Å². The lowest BCUT2D eigenvalue weighted by Crippen LogP contribution is -2.00. The van der Waals surface area contributed by atoms with Gasteiger partial charge in [0.2, 0.25) is 0 Å². The summed E-state index contributed by atoms with van der Waals surface area (Å²) in [7, 11) is -4.19. The molecule has 0 aliphatic heterocycles. The molecule has 0 radical (unpaired) electrons. The Labute approximate surface area is 94.0 Å². The van der Waals surface area contributed by atoms with E-state index >= 15 is 0 Å². The molecule has 1 aromatic rings. The molecule has 0 atom stereocenters. The largest absolute Gasteiger partial charge is 0.383 e. The maximum absolute atomic E-state index is 10.6. The van der Waals surface area contributed by atoms with E-state index in [9.17, 15) is 8.42 Å². The highest BCUT2D eigenvalue weighted by molar-refractivity contribution is 9.10. The summed E-state index contributed by atoms with van der Waals surface area (Å²) < 4.78 is 30.0. The van der Waals surface area contributed by atoms with Gasteiger partial charge in [-0.1, -0.05) is 0 Å². The first kappa shape index (κ1) is 12.8. The SMILES string of the molecule is Br.Nc1ncc(S(=O)(=O)O)cc1Br. The van der Waals surface area contributed by atoms with E-state index in [1.807, 2.05) is 0 Å². The molecule has 0 bridgehead atoms. The smallest absolute Gasteiger partial charge is 0.296 e. The van der Waals surface area contributed by atoms with Gasteiger partial charge in [0, 0.05) is 0 Å². The molecule has 0 aliphatic rings. The van der Waals surface area contributed by atoms with Crippen molar-refractivity contribution in [2.75, 3.05) is 5.73 Å². The molecule has 1 rings (SSSR count). The Morgan fingerprint density at radius 2 is 2.08 bits per heavy atom. The number of nitrogen functional groups attached to an aromatic ring is 1. The highest BCUT2D eigenvalue weighted by Crippen LogP contribution is 2.19. The fourth-order valence-electron chi connectivity index (χ4n) is 0.572. The number of halogens is 2. The summed E-state index contributed by atoms with van der Waals surface area (Å²) in [5.41, 5.74) is 5.30. The summed E-state index contributed by atoms with van der Waals surface area (Å²) in [6, 6.07) is 1.18. The molecule has 1 aromatic heterocycles. The van der Waals surface area contributed by atoms with Crippen molar-refractivity contribution in [1.29, 1.82) is 0 Å². The molecular weight excluding hydrogens is 328 g/mol. The first-order chi connectivity index (χ1) is 5.41. The minimum atomic E-state index is -4.19. The summed E-state index contributed by atoms with van der Waals surface area (Å²) in [4.78, 5) is 3.25. The molecule has 8 heteroatoms. The van der Waals surface area contributed by atoms with Gasteiger partial charge in [-0.25, -0.2) is 4.98 Å². The lowest BCUT2D eigenvalue weighted by molar-refractivity contribution is 0.483. The zero-order valence-corrected chi connectivity index (χ0v) is 10.3. The third-order valence-electron chi connectivity index (χ3n) is 1.14. The normalized spacial score (nSPS) is 10.6. The van der Waals surface area contributed by atoms with Gasteiger partial charge in [-0.05, 0) is 22.0 Å². The fraction of sp³-hybridized carbons (Fsp3) is 0. The third-order valence-corrected chi connectivity index (χ3v) is 2.60. The van der Waals surface area contributed by atoms with Crippen molar-refractivity contribution in [3.05, 3.63) is 16.7 Å². The van der Waals surface area contributed by atoms with E-state index in [0.29, 0.717) is 4.47 Å². The Balaban J connectivity index is 0.00000144. The third kappa shape index (κ3) is 3.22. The van der Waals surface area contributed by atoms with Gasteiger partial charge in [-0.2, -0.15) is 8.42 Å². The first-order valence-corrected chi connectivity index (χ1v) is 5.03. The first-order valence-electron chi connectivity index (χ1n) is 2.80. The van der Waals surface area contributed by atoms with Gasteiger partial charge in [0.05, 0.1) is 10.7 Å². The van der Waals surface area contributed by atoms with E-state index in [1.165, 1.54) is 6.07 Å². The minimum Gasteiger partial charge on any atom is -0.383 e. The van der Waals surface area contributed by atoms with Crippen LogP contribution in [-0.4, -0.2) is 18.0 Å². The van der Waals surface area contributed by atoms with Gasteiger partial charge in [0.15, 0.2) is 0 Å². The van der Waals surface area contributed by atoms with Gasteiger partial charge in [0.1, 0.15) is 10.7 Å². The standard InChI is InChI=1S/C5H5BrN2O3S.BrH/c6-4-1-3(12(9,10)11)2-8-5(4)7;/h1-2H,(H2,7,8)(H,9,10,11);1H. The van der Waals surface area contributed by atoms with E-state index in [1.54, 1.807) is 0 Å². The molecular formula is C5H6Br2N2O3S. The van der Waals surface area contributed by atoms with Crippen molar-refractivity contribution < 1.29 is 13.0 Å². The van der Waals surface area contributed by atoms with Crippen molar-refractivity contribution in [1.82, 2.24) is 4.98 Å². The topological polar surface area (TPSA) is 93.3 Å². The number of anilines is 1. The summed E-state index contributed by atoms with van der Waals surface area (Å²) in [6.45, 7) is 0. The van der Waals surface area contributed by atoms with Crippen LogP contribution in [0.3, 0.4) is 0 Å². The van der Waals surface area contributed by atoms with Crippen molar-refractivity contribution >= 4 is 48.8 Å². The molecule has 13 heavy (non-hydrogen) atoms. The Morgan fingerprint density at radius 1 is 1.54 bits per heavy atom. The number of nitrogens with zero attached hydrogens (tertiary/aromatic N) is 1. The highest BCUT2D eigenvalue weighted by Gasteiger charge is 2.11. The molecule has 5 nitrogen and oxygen atoms in total. The van der Waals surface area contributed by atoms with Gasteiger partial charge >= 0.3 is 0 Å². The van der Waals surface area contributed by atoms with E-state index in [2.05, 4.69) is 20.9 Å². The van der Waals surface area contributed by atoms with Crippen LogP contribution in [0.1, 0.15) is 0 Å². The maximum atomic E-state index is 10.6. The summed E-state index contributed by atoms with van der Waals surface area (Å²) >= 11 is 2.98. The van der Waals surface area contributed by atoms with Crippen LogP contribution >= 0.6 is 32.9 Å². The molecule has 0 saturated heterocycles. The zero-order chi connectivity index (χ0) is 9.35. The van der Waals surface area contributed by atoms with Crippen LogP contribution in [0.25, 0.3) is 0 Å². The second-order valence-electron chi connectivity index (χ2n) is 2.01. The highest BCUT2D eigenvalue weighted by atomic mass is 79.9. The van der Waals surface area contributed by atoms with Gasteiger partial charge in [-0.15, -0.1) is 17.0 Å². The van der Waals surface area contributed by atoms with Crippen molar-refractivity contribution in [2.45, 2.75) is 4.90 Å². The lowest BCUT2D eigenvalue weighted by Gasteiger charge is -1.98. The number of rotatable bonds is 1. The molecule has 3 N–H and O–H groups in total. The fourth-order valence-corrected chi connectivity index (χ4v) is 1.53. The van der Waals surface area contributed by atoms with Crippen LogP contribution < -0.4 is 5.73 Å². The molecule has 0 spiro atoms. The van der Waals surface area contributed by atoms with Crippen LogP contribution in [0.2, 0.25) is 0 Å². The molecule has 74 valence electrons. The Morgan fingerprint density at radius 3 is 2.46 bits per heavy atom. The number of pyridine rings is 1. The van der Waals surface area contributed by atoms with Crippen molar-refractivity contribution in [3.63, 3.8) is 0 Å². The molecule has 0 aromatic carbocycles. The van der Waals surface area contributed by atoms with Gasteiger partial charge in [0.25, 0.3) is 10.1 Å². The second kappa shape index (κ2) is 4.36. The number of hydrogen-bond donors (Lipinski definition) is 2. The quantitative estimate of drug-likeness (QED) is 0.754. The predicted octanol–water partition coefficient (Wildman–Crippen LogP) is 1.25. The molecule has 0 amide bonds. The molecule has 0 fully saturated rings. The van der Waals surface area contributed by atoms with E-state index in [0.717, 1.165) is 6.20 Å². The molecule has 1 heterocycles. The summed E-state index contributed by atoms with van der Waals surface area (Å²) in [6.07, 6.45) is 0.982. The maximum Gasteiger partial charge on any atom is 0.296 e. The minimum absolute atomic E-state index is 0. The Bertz CT molecular complexity index is 406. The number of nitrogens with two attached hydrogens (primary N) is 1. The number of aromatic nitrogens is 1. The molecule has 0 aliphatic carbocycles. The van der Waals surface area contributed by atoms with Gasteiger partial charge < -0.3 is 5.73 Å². The van der Waals surface area contributed by atoms with Crippen LogP contribution in [0.15, 0.2) is 21.6 Å². The summed E-state index contributed by atoms with van der Waals surface area (Å²) in [5.74, 6) is 0.169. The van der Waals surface area contributed by atoms with Crippen LogP contribution in [0.4, 0.5) is 5.82 Å². The number of hydrogen-bond acceptors (Lipinski definition) is 4. The Hall–Kier alpha value is -0.180. The monoisotopic (exact) mass is 332 g/mol. The van der Waals surface area contributed by atoms with E-state index < -0.39 is 10.1 Å². The molecule has 0 unspecified atom stereocenters. The van der Waals surface area contributed by atoms with Crippen molar-refractivity contribution in [3.8, 4) is 0 Å². The van der Waals surface area contributed by atoms with Crippen molar-refractivity contribution in [2.24, 2.45) is 0 Å². The van der Waals surface area contributed by atoms with E-state index in [4.69, 9.17) is 10.3 Å².